The first kappa shape index (κ1) is 30.7. The number of ether oxygens (including phenoxy) is 1. The maximum absolute atomic E-state index is 14.1. The van der Waals surface area contributed by atoms with E-state index < -0.39 is 28.5 Å². The van der Waals surface area contributed by atoms with Crippen LogP contribution in [0, 0.1) is 13.8 Å². The third-order valence-electron chi connectivity index (χ3n) is 6.85. The van der Waals surface area contributed by atoms with Gasteiger partial charge in [0.25, 0.3) is 10.0 Å². The Hall–Kier alpha value is -3.85. The van der Waals surface area contributed by atoms with Crippen molar-refractivity contribution in [2.24, 2.45) is 0 Å². The van der Waals surface area contributed by atoms with Crippen LogP contribution in [0.4, 0.5) is 5.69 Å². The molecule has 2 atom stereocenters. The molecule has 3 aromatic carbocycles. The van der Waals surface area contributed by atoms with E-state index in [-0.39, 0.29) is 29.1 Å². The third-order valence-corrected chi connectivity index (χ3v) is 8.63. The fourth-order valence-electron chi connectivity index (χ4n) is 4.17. The van der Waals surface area contributed by atoms with Gasteiger partial charge in [0.2, 0.25) is 11.8 Å². The van der Waals surface area contributed by atoms with Gasteiger partial charge in [0.15, 0.2) is 0 Å². The van der Waals surface area contributed by atoms with Gasteiger partial charge in [0, 0.05) is 12.6 Å². The van der Waals surface area contributed by atoms with Gasteiger partial charge in [-0.3, -0.25) is 13.9 Å². The maximum atomic E-state index is 14.1. The number of nitrogens with zero attached hydrogens (tertiary/aromatic N) is 2. The molecule has 0 aliphatic heterocycles. The van der Waals surface area contributed by atoms with Crippen LogP contribution in [-0.4, -0.2) is 50.9 Å². The van der Waals surface area contributed by atoms with E-state index >= 15 is 0 Å². The molecule has 214 valence electrons. The molecule has 3 rings (SSSR count). The van der Waals surface area contributed by atoms with Crippen LogP contribution < -0.4 is 14.4 Å². The fourth-order valence-corrected chi connectivity index (χ4v) is 5.60. The minimum Gasteiger partial charge on any atom is -0.495 e. The van der Waals surface area contributed by atoms with Gasteiger partial charge in [-0.05, 0) is 69.5 Å². The molecule has 0 heterocycles. The monoisotopic (exact) mass is 565 g/mol. The van der Waals surface area contributed by atoms with E-state index in [0.29, 0.717) is 5.75 Å². The molecule has 0 unspecified atom stereocenters. The highest BCUT2D eigenvalue weighted by Crippen LogP contribution is 2.33. The number of aryl methyl sites for hydroxylation is 2. The zero-order valence-electron chi connectivity index (χ0n) is 24.0. The van der Waals surface area contributed by atoms with Crippen molar-refractivity contribution in [3.8, 4) is 5.75 Å². The summed E-state index contributed by atoms with van der Waals surface area (Å²) in [6.07, 6.45) is 0.737. The van der Waals surface area contributed by atoms with Crippen molar-refractivity contribution < 1.29 is 22.7 Å². The first-order valence-electron chi connectivity index (χ1n) is 13.4. The average molecular weight is 566 g/mol. The van der Waals surface area contributed by atoms with Crippen LogP contribution in [-0.2, 0) is 26.2 Å². The molecular formula is C31H39N3O5S. The minimum absolute atomic E-state index is 0.0407. The van der Waals surface area contributed by atoms with Crippen molar-refractivity contribution in [1.82, 2.24) is 10.2 Å². The number of carbonyl (C=O) groups excluding carboxylic acids is 2. The quantitative estimate of drug-likeness (QED) is 0.339. The number of amides is 2. The van der Waals surface area contributed by atoms with Gasteiger partial charge >= 0.3 is 0 Å². The third kappa shape index (κ3) is 7.41. The average Bonchev–Trinajstić information content (AvgIpc) is 2.95. The zero-order valence-corrected chi connectivity index (χ0v) is 24.9. The zero-order chi connectivity index (χ0) is 29.4. The normalized spacial score (nSPS) is 12.8. The van der Waals surface area contributed by atoms with Crippen molar-refractivity contribution in [3.05, 3.63) is 89.5 Å². The van der Waals surface area contributed by atoms with Crippen LogP contribution >= 0.6 is 0 Å². The summed E-state index contributed by atoms with van der Waals surface area (Å²) in [6.45, 7) is 8.94. The molecule has 0 spiro atoms. The van der Waals surface area contributed by atoms with Crippen LogP contribution in [0.1, 0.15) is 43.9 Å². The molecule has 0 radical (unpaired) electrons. The molecule has 3 aromatic rings. The topological polar surface area (TPSA) is 96.0 Å². The van der Waals surface area contributed by atoms with Gasteiger partial charge in [0.05, 0.1) is 17.7 Å². The molecule has 0 bridgehead atoms. The summed E-state index contributed by atoms with van der Waals surface area (Å²) < 4.78 is 34.5. The molecule has 0 saturated heterocycles. The van der Waals surface area contributed by atoms with E-state index in [2.05, 4.69) is 5.32 Å². The highest BCUT2D eigenvalue weighted by atomic mass is 32.2. The number of nitrogens with one attached hydrogen (secondary N) is 1. The number of rotatable bonds is 12. The second-order valence-electron chi connectivity index (χ2n) is 10.0. The molecule has 9 heteroatoms. The number of carbonyl (C=O) groups is 2. The number of anilines is 1. The van der Waals surface area contributed by atoms with Gasteiger partial charge in [-0.25, -0.2) is 8.42 Å². The SMILES string of the molecule is CC[C@H](C)NC(=O)[C@H](C)N(Cc1ccc(C)cc1)C(=O)CN(c1cc(C)ccc1OC)S(=O)(=O)c1ccccc1. The Morgan fingerprint density at radius 2 is 1.55 bits per heavy atom. The van der Waals surface area contributed by atoms with Gasteiger partial charge in [0.1, 0.15) is 18.3 Å². The maximum Gasteiger partial charge on any atom is 0.264 e. The van der Waals surface area contributed by atoms with Gasteiger partial charge in [-0.15, -0.1) is 0 Å². The number of hydrogen-bond acceptors (Lipinski definition) is 5. The molecule has 8 nitrogen and oxygen atoms in total. The standard InChI is InChI=1S/C31H39N3O5S/c1-7-24(4)32-31(36)25(5)33(20-26-16-13-22(2)14-17-26)30(35)21-34(28-19-23(3)15-18-29(28)39-6)40(37,38)27-11-9-8-10-12-27/h8-19,24-25H,7,20-21H2,1-6H3,(H,32,36)/t24-,25-/m0/s1. The van der Waals surface area contributed by atoms with Gasteiger partial charge in [-0.1, -0.05) is 61.0 Å². The van der Waals surface area contributed by atoms with E-state index in [1.165, 1.54) is 24.1 Å². The van der Waals surface area contributed by atoms with Gasteiger partial charge < -0.3 is 15.0 Å². The van der Waals surface area contributed by atoms with E-state index in [1.807, 2.05) is 58.0 Å². The summed E-state index contributed by atoms with van der Waals surface area (Å²) in [6, 6.07) is 19.9. The second kappa shape index (κ2) is 13.5. The Balaban J connectivity index is 2.08. The lowest BCUT2D eigenvalue weighted by Gasteiger charge is -2.33. The molecule has 40 heavy (non-hydrogen) atoms. The lowest BCUT2D eigenvalue weighted by atomic mass is 10.1. The molecule has 0 saturated carbocycles. The van der Waals surface area contributed by atoms with Crippen molar-refractivity contribution in [3.63, 3.8) is 0 Å². The Labute approximate surface area is 238 Å². The van der Waals surface area contributed by atoms with Crippen LogP contribution in [0.25, 0.3) is 0 Å². The first-order valence-corrected chi connectivity index (χ1v) is 14.8. The predicted molar refractivity (Wildman–Crippen MR) is 158 cm³/mol. The summed E-state index contributed by atoms with van der Waals surface area (Å²) >= 11 is 0. The smallest absolute Gasteiger partial charge is 0.264 e. The molecule has 0 aromatic heterocycles. The van der Waals surface area contributed by atoms with E-state index in [4.69, 9.17) is 4.74 Å². The van der Waals surface area contributed by atoms with E-state index in [0.717, 1.165) is 27.4 Å². The van der Waals surface area contributed by atoms with Crippen molar-refractivity contribution in [2.45, 2.75) is 64.6 Å². The number of methoxy groups -OCH3 is 1. The minimum atomic E-state index is -4.17. The molecule has 2 amide bonds. The molecule has 0 aliphatic rings. The highest BCUT2D eigenvalue weighted by Gasteiger charge is 2.34. The number of hydrogen-bond donors (Lipinski definition) is 1. The van der Waals surface area contributed by atoms with Crippen molar-refractivity contribution in [2.75, 3.05) is 18.0 Å². The fraction of sp³-hybridized carbons (Fsp3) is 0.355. The second-order valence-corrected chi connectivity index (χ2v) is 11.9. The lowest BCUT2D eigenvalue weighted by molar-refractivity contribution is -0.139. The van der Waals surface area contributed by atoms with Crippen LogP contribution in [0.3, 0.4) is 0 Å². The summed E-state index contributed by atoms with van der Waals surface area (Å²) in [5.41, 5.74) is 2.93. The molecule has 0 aliphatic carbocycles. The number of sulfonamides is 1. The largest absolute Gasteiger partial charge is 0.495 e. The predicted octanol–water partition coefficient (Wildman–Crippen LogP) is 4.84. The van der Waals surface area contributed by atoms with Crippen LogP contribution in [0.15, 0.2) is 77.7 Å². The molecule has 1 N–H and O–H groups in total. The Morgan fingerprint density at radius 1 is 0.925 bits per heavy atom. The van der Waals surface area contributed by atoms with Gasteiger partial charge in [-0.2, -0.15) is 0 Å². The molecular weight excluding hydrogens is 526 g/mol. The Kier molecular flexibility index (Phi) is 10.3. The summed E-state index contributed by atoms with van der Waals surface area (Å²) in [5.74, 6) is -0.513. The Bertz CT molecular complexity index is 1410. The summed E-state index contributed by atoms with van der Waals surface area (Å²) in [7, 11) is -2.72. The van der Waals surface area contributed by atoms with E-state index in [1.54, 1.807) is 37.3 Å². The highest BCUT2D eigenvalue weighted by molar-refractivity contribution is 7.92. The first-order chi connectivity index (χ1) is 19.0. The summed E-state index contributed by atoms with van der Waals surface area (Å²) in [5, 5.41) is 2.94. The van der Waals surface area contributed by atoms with Crippen molar-refractivity contribution >= 4 is 27.5 Å². The molecule has 0 fully saturated rings. The van der Waals surface area contributed by atoms with Crippen molar-refractivity contribution in [1.29, 1.82) is 0 Å². The number of benzene rings is 3. The van der Waals surface area contributed by atoms with E-state index in [9.17, 15) is 18.0 Å². The van der Waals surface area contributed by atoms with Crippen LogP contribution in [0.5, 0.6) is 5.75 Å². The Morgan fingerprint density at radius 3 is 2.15 bits per heavy atom. The summed E-state index contributed by atoms with van der Waals surface area (Å²) in [4.78, 5) is 28.7. The lowest BCUT2D eigenvalue weighted by Crippen LogP contribution is -2.52. The van der Waals surface area contributed by atoms with Crippen LogP contribution in [0.2, 0.25) is 0 Å².